The highest BCUT2D eigenvalue weighted by atomic mass is 15.1. The van der Waals surface area contributed by atoms with Crippen LogP contribution in [0.5, 0.6) is 0 Å². The molecule has 0 heterocycles. The first-order valence-electron chi connectivity index (χ1n) is 8.30. The van der Waals surface area contributed by atoms with Crippen molar-refractivity contribution in [3.63, 3.8) is 0 Å². The topological polar surface area (TPSA) is 49.4 Å². The van der Waals surface area contributed by atoms with E-state index < -0.39 is 0 Å². The molecule has 27 heavy (non-hydrogen) atoms. The van der Waals surface area contributed by atoms with E-state index in [2.05, 4.69) is 38.2 Å². The van der Waals surface area contributed by atoms with Gasteiger partial charge in [0, 0.05) is 5.56 Å². The smallest absolute Gasteiger partial charge is 0.0858 e. The van der Waals surface area contributed by atoms with Crippen LogP contribution in [0.1, 0.15) is 11.1 Å². The Morgan fingerprint density at radius 3 is 1.37 bits per heavy atom. The van der Waals surface area contributed by atoms with Gasteiger partial charge in [-0.25, -0.2) is 0 Å². The molecule has 0 aliphatic heterocycles. The minimum Gasteiger partial charge on any atom is -0.151 e. The second kappa shape index (κ2) is 8.89. The molecule has 0 aliphatic carbocycles. The molecule has 0 saturated heterocycles. The molecule has 3 aromatic carbocycles. The highest BCUT2D eigenvalue weighted by Gasteiger charge is 1.94. The van der Waals surface area contributed by atoms with Crippen LogP contribution < -0.4 is 0 Å². The Balaban J connectivity index is 1.64. The first-order valence-corrected chi connectivity index (χ1v) is 8.30. The van der Waals surface area contributed by atoms with E-state index in [-0.39, 0.29) is 0 Å². The molecule has 128 valence electrons. The largest absolute Gasteiger partial charge is 0.151 e. The normalized spacial score (nSPS) is 10.5. The third-order valence-electron chi connectivity index (χ3n) is 3.59. The van der Waals surface area contributed by atoms with Gasteiger partial charge >= 0.3 is 0 Å². The van der Waals surface area contributed by atoms with Gasteiger partial charge < -0.3 is 0 Å². The summed E-state index contributed by atoms with van der Waals surface area (Å²) in [6.45, 7) is 2.04. The van der Waals surface area contributed by atoms with Gasteiger partial charge in [-0.15, -0.1) is 6.42 Å². The monoisotopic (exact) mass is 348 g/mol. The quantitative estimate of drug-likeness (QED) is 0.367. The lowest BCUT2D eigenvalue weighted by Gasteiger charge is -1.96. The molecule has 0 fully saturated rings. The number of benzene rings is 3. The van der Waals surface area contributed by atoms with E-state index in [4.69, 9.17) is 6.42 Å². The number of nitrogens with zero attached hydrogens (tertiary/aromatic N) is 4. The lowest BCUT2D eigenvalue weighted by atomic mass is 10.2. The SMILES string of the molecule is C#CC#Cc1ccc(N=Nc2ccc(N=Nc3ccc(C)cc3)cc2)cc1. The first kappa shape index (κ1) is 17.8. The summed E-state index contributed by atoms with van der Waals surface area (Å²) >= 11 is 0. The first-order chi connectivity index (χ1) is 13.2. The highest BCUT2D eigenvalue weighted by molar-refractivity contribution is 5.49. The highest BCUT2D eigenvalue weighted by Crippen LogP contribution is 2.23. The zero-order chi connectivity index (χ0) is 18.9. The molecule has 0 saturated carbocycles. The average Bonchev–Trinajstić information content (AvgIpc) is 2.72. The standard InChI is InChI=1S/C23H16N4/c1-3-4-5-19-8-12-21(13-9-19)25-27-23-16-14-22(15-17-23)26-24-20-10-6-18(2)7-11-20/h1,6-17H,2H3. The molecule has 4 nitrogen and oxygen atoms in total. The molecule has 3 rings (SSSR count). The Hall–Kier alpha value is -4.02. The molecular formula is C23H16N4. The molecule has 0 unspecified atom stereocenters. The molecule has 0 bridgehead atoms. The third-order valence-corrected chi connectivity index (χ3v) is 3.59. The van der Waals surface area contributed by atoms with Crippen LogP contribution in [-0.4, -0.2) is 0 Å². The number of azo groups is 2. The van der Waals surface area contributed by atoms with Crippen molar-refractivity contribution >= 4 is 22.7 Å². The fourth-order valence-electron chi connectivity index (χ4n) is 2.15. The van der Waals surface area contributed by atoms with Crippen LogP contribution >= 0.6 is 0 Å². The summed E-state index contributed by atoms with van der Waals surface area (Å²) in [5.74, 6) is 7.71. The summed E-state index contributed by atoms with van der Waals surface area (Å²) in [6, 6.07) is 22.7. The van der Waals surface area contributed by atoms with Gasteiger partial charge in [-0.05, 0) is 79.4 Å². The fraction of sp³-hybridized carbons (Fsp3) is 0.0435. The van der Waals surface area contributed by atoms with E-state index in [1.54, 1.807) is 0 Å². The summed E-state index contributed by atoms with van der Waals surface area (Å²) in [5.41, 5.74) is 5.09. The predicted octanol–water partition coefficient (Wildman–Crippen LogP) is 6.81. The van der Waals surface area contributed by atoms with Crippen LogP contribution in [0.2, 0.25) is 0 Å². The van der Waals surface area contributed by atoms with Gasteiger partial charge in [0.15, 0.2) is 0 Å². The Kier molecular flexibility index (Phi) is 5.86. The van der Waals surface area contributed by atoms with E-state index in [1.807, 2.05) is 79.7 Å². The number of aryl methyl sites for hydroxylation is 1. The maximum atomic E-state index is 5.11. The van der Waals surface area contributed by atoms with Gasteiger partial charge in [0.1, 0.15) is 0 Å². The fourth-order valence-corrected chi connectivity index (χ4v) is 2.15. The van der Waals surface area contributed by atoms with Crippen LogP contribution in [0.15, 0.2) is 93.3 Å². The van der Waals surface area contributed by atoms with Crippen molar-refractivity contribution in [2.75, 3.05) is 0 Å². The van der Waals surface area contributed by atoms with Crippen LogP contribution in [0, 0.1) is 31.1 Å². The molecule has 0 aliphatic rings. The maximum absolute atomic E-state index is 5.11. The van der Waals surface area contributed by atoms with E-state index in [9.17, 15) is 0 Å². The minimum atomic E-state index is 0.737. The van der Waals surface area contributed by atoms with E-state index in [1.165, 1.54) is 5.56 Å². The van der Waals surface area contributed by atoms with Crippen molar-refractivity contribution in [2.45, 2.75) is 6.92 Å². The van der Waals surface area contributed by atoms with Crippen molar-refractivity contribution in [2.24, 2.45) is 20.5 Å². The zero-order valence-electron chi connectivity index (χ0n) is 14.8. The lowest BCUT2D eigenvalue weighted by Crippen LogP contribution is -1.71. The molecule has 3 aromatic rings. The van der Waals surface area contributed by atoms with E-state index >= 15 is 0 Å². The Labute approximate surface area is 158 Å². The zero-order valence-corrected chi connectivity index (χ0v) is 14.8. The summed E-state index contributed by atoms with van der Waals surface area (Å²) in [7, 11) is 0. The summed E-state index contributed by atoms with van der Waals surface area (Å²) in [6.07, 6.45) is 5.11. The molecule has 0 spiro atoms. The number of rotatable bonds is 4. The van der Waals surface area contributed by atoms with Gasteiger partial charge in [-0.3, -0.25) is 0 Å². The van der Waals surface area contributed by atoms with Crippen LogP contribution in [0.3, 0.4) is 0 Å². The summed E-state index contributed by atoms with van der Waals surface area (Å²) in [4.78, 5) is 0. The minimum absolute atomic E-state index is 0.737. The van der Waals surface area contributed by atoms with Crippen molar-refractivity contribution in [1.29, 1.82) is 0 Å². The molecule has 0 amide bonds. The molecular weight excluding hydrogens is 332 g/mol. The Morgan fingerprint density at radius 2 is 0.963 bits per heavy atom. The van der Waals surface area contributed by atoms with Gasteiger partial charge in [0.05, 0.1) is 22.7 Å². The average molecular weight is 348 g/mol. The van der Waals surface area contributed by atoms with Crippen molar-refractivity contribution in [3.05, 3.63) is 83.9 Å². The second-order valence-electron chi connectivity index (χ2n) is 5.69. The van der Waals surface area contributed by atoms with E-state index in [0.717, 1.165) is 28.3 Å². The van der Waals surface area contributed by atoms with Crippen LogP contribution in [0.25, 0.3) is 0 Å². The number of hydrogen-bond donors (Lipinski definition) is 0. The number of terminal acetylenes is 1. The van der Waals surface area contributed by atoms with Crippen LogP contribution in [-0.2, 0) is 0 Å². The predicted molar refractivity (Wildman–Crippen MR) is 108 cm³/mol. The molecule has 0 radical (unpaired) electrons. The van der Waals surface area contributed by atoms with Gasteiger partial charge in [0.25, 0.3) is 0 Å². The molecule has 0 aromatic heterocycles. The Bertz CT molecular complexity index is 1060. The lowest BCUT2D eigenvalue weighted by molar-refractivity contribution is 1.21. The molecule has 4 heteroatoms. The summed E-state index contributed by atoms with van der Waals surface area (Å²) < 4.78 is 0. The number of hydrogen-bond acceptors (Lipinski definition) is 4. The van der Waals surface area contributed by atoms with Gasteiger partial charge in [-0.1, -0.05) is 23.6 Å². The van der Waals surface area contributed by atoms with Crippen molar-refractivity contribution in [1.82, 2.24) is 0 Å². The Morgan fingerprint density at radius 1 is 0.593 bits per heavy atom. The van der Waals surface area contributed by atoms with E-state index in [0.29, 0.717) is 0 Å². The third kappa shape index (κ3) is 5.49. The van der Waals surface area contributed by atoms with Crippen LogP contribution in [0.4, 0.5) is 22.7 Å². The van der Waals surface area contributed by atoms with Crippen molar-refractivity contribution < 1.29 is 0 Å². The van der Waals surface area contributed by atoms with Gasteiger partial charge in [0.2, 0.25) is 0 Å². The van der Waals surface area contributed by atoms with Gasteiger partial charge in [-0.2, -0.15) is 20.5 Å². The maximum Gasteiger partial charge on any atom is 0.0858 e. The molecule has 0 N–H and O–H groups in total. The summed E-state index contributed by atoms with van der Waals surface area (Å²) in [5, 5.41) is 16.9. The van der Waals surface area contributed by atoms with Crippen molar-refractivity contribution in [3.8, 4) is 24.2 Å². The molecule has 0 atom stereocenters. The second-order valence-corrected chi connectivity index (χ2v) is 5.69.